The molecule has 0 aliphatic heterocycles. The van der Waals surface area contributed by atoms with Crippen molar-refractivity contribution in [3.8, 4) is 0 Å². The maximum atomic E-state index is 14.0. The second-order valence-corrected chi connectivity index (χ2v) is 17.9. The Morgan fingerprint density at radius 1 is 0.919 bits per heavy atom. The van der Waals surface area contributed by atoms with Crippen molar-refractivity contribution in [3.05, 3.63) is 93.3 Å². The molecule has 7 amide bonds. The number of aryl methyl sites for hydroxylation is 1. The molecular weight excluding hydrogens is 907 g/mol. The summed E-state index contributed by atoms with van der Waals surface area (Å²) in [5.74, 6) is -4.43. The third-order valence-electron chi connectivity index (χ3n) is 10.5. The summed E-state index contributed by atoms with van der Waals surface area (Å²) in [6, 6.07) is 13.5. The van der Waals surface area contributed by atoms with E-state index in [0.717, 1.165) is 17.5 Å². The van der Waals surface area contributed by atoms with Crippen molar-refractivity contribution in [3.63, 3.8) is 0 Å². The number of hydrogen-bond acceptors (Lipinski definition) is 8. The van der Waals surface area contributed by atoms with E-state index in [4.69, 9.17) is 5.73 Å². The zero-order chi connectivity index (χ0) is 45.1. The fourth-order valence-electron chi connectivity index (χ4n) is 7.16. The van der Waals surface area contributed by atoms with Crippen molar-refractivity contribution >= 4 is 59.0 Å². The summed E-state index contributed by atoms with van der Waals surface area (Å²) in [5.41, 5.74) is 8.02. The summed E-state index contributed by atoms with van der Waals surface area (Å²) in [5, 5.41) is 26.2. The van der Waals surface area contributed by atoms with E-state index in [2.05, 4.69) is 47.9 Å². The van der Waals surface area contributed by atoms with E-state index in [9.17, 15) is 38.7 Å². The molecule has 3 aromatic rings. The number of benzene rings is 2. The van der Waals surface area contributed by atoms with Gasteiger partial charge in [0, 0.05) is 31.4 Å². The predicted molar refractivity (Wildman–Crippen MR) is 232 cm³/mol. The average Bonchev–Trinajstić information content (AvgIpc) is 3.23. The van der Waals surface area contributed by atoms with Gasteiger partial charge in [0.2, 0.25) is 29.5 Å². The third kappa shape index (κ3) is 16.2. The van der Waals surface area contributed by atoms with Crippen LogP contribution in [0.4, 0.5) is 16.2 Å². The van der Waals surface area contributed by atoms with Crippen LogP contribution in [0.15, 0.2) is 73.1 Å². The number of carbonyl (C=O) groups excluding carboxylic acids is 6. The number of unbranched alkanes of at least 4 members (excludes halogenated alkanes) is 1. The van der Waals surface area contributed by atoms with Gasteiger partial charge < -0.3 is 32.1 Å². The molecule has 334 valence electrons. The number of nitrogens with one attached hydrogen (secondary N) is 6. The normalized spacial score (nSPS) is 14.8. The summed E-state index contributed by atoms with van der Waals surface area (Å²) in [6.07, 6.45) is 9.76. The number of amides is 7. The molecule has 3 atom stereocenters. The fourth-order valence-corrected chi connectivity index (χ4v) is 8.48. The van der Waals surface area contributed by atoms with Crippen LogP contribution in [0.1, 0.15) is 87.8 Å². The van der Waals surface area contributed by atoms with Gasteiger partial charge in [0.05, 0.1) is 0 Å². The molecule has 1 heterocycles. The van der Waals surface area contributed by atoms with Crippen LogP contribution in [0.5, 0.6) is 0 Å². The number of primary amides is 1. The molecule has 4 rings (SSSR count). The van der Waals surface area contributed by atoms with E-state index in [-0.39, 0.29) is 59.3 Å². The van der Waals surface area contributed by atoms with Crippen molar-refractivity contribution in [1.29, 1.82) is 0 Å². The zero-order valence-corrected chi connectivity index (χ0v) is 37.6. The first-order valence-corrected chi connectivity index (χ1v) is 24.0. The molecule has 0 radical (unpaired) electrons. The van der Waals surface area contributed by atoms with Crippen LogP contribution in [0.2, 0.25) is 0 Å². The van der Waals surface area contributed by atoms with E-state index in [1.807, 2.05) is 25.1 Å². The van der Waals surface area contributed by atoms with Gasteiger partial charge in [-0.2, -0.15) is 0 Å². The standard InChI is InChI=1S/C45H58IN8O8/c1-29(25-40(57)58)24-37(42(60)54-45(43(47)61)20-6-4-7-21-45)52-41(59)36(11-5-8-23-49-38(55)19-14-32-10-9-22-48-28-32)51-39(56)27-31-12-16-34(17-13-31)50-44(62)53-35-18-15-33(46-3)26-30(35)2/h9-10,12-19,22,26,28-29,36-37H,4-8,11,20-21,23-25,27H2,1-3H3,(H2,47,61)(H,49,55)(H,51,56)(H,52,59)(H,54,60)(H,57,58)(H2,50,53,62)/q-1/b19-14+/t29?,36-,37-/m0/s1. The number of anilines is 2. The molecule has 9 N–H and O–H groups in total. The van der Waals surface area contributed by atoms with Crippen molar-refractivity contribution in [2.24, 2.45) is 11.7 Å². The number of carboxylic acid groups (broad SMARTS) is 1. The summed E-state index contributed by atoms with van der Waals surface area (Å²) in [4.78, 5) is 96.9. The Labute approximate surface area is 372 Å². The van der Waals surface area contributed by atoms with Crippen molar-refractivity contribution in [1.82, 2.24) is 26.3 Å². The van der Waals surface area contributed by atoms with Gasteiger partial charge in [0.15, 0.2) is 0 Å². The van der Waals surface area contributed by atoms with E-state index >= 15 is 0 Å². The first-order chi connectivity index (χ1) is 29.7. The van der Waals surface area contributed by atoms with E-state index in [1.165, 1.54) is 9.65 Å². The molecule has 1 unspecified atom stereocenters. The molecule has 0 saturated heterocycles. The number of pyridine rings is 1. The zero-order valence-electron chi connectivity index (χ0n) is 35.4. The Balaban J connectivity index is 1.43. The summed E-state index contributed by atoms with van der Waals surface area (Å²) >= 11 is -0.0700. The molecule has 0 spiro atoms. The predicted octanol–water partition coefficient (Wildman–Crippen LogP) is 1.24. The van der Waals surface area contributed by atoms with E-state index in [0.29, 0.717) is 55.5 Å². The van der Waals surface area contributed by atoms with Crippen LogP contribution in [-0.4, -0.2) is 80.7 Å². The Bertz CT molecular complexity index is 2060. The third-order valence-corrected chi connectivity index (χ3v) is 12.5. The van der Waals surface area contributed by atoms with Crippen LogP contribution in [0, 0.1) is 16.4 Å². The fraction of sp³-hybridized carbons (Fsp3) is 0.422. The molecule has 1 aromatic heterocycles. The van der Waals surface area contributed by atoms with Gasteiger partial charge in [-0.25, -0.2) is 0 Å². The number of rotatable bonds is 22. The number of halogens is 1. The van der Waals surface area contributed by atoms with E-state index < -0.39 is 59.2 Å². The van der Waals surface area contributed by atoms with Gasteiger partial charge >= 0.3 is 135 Å². The first kappa shape index (κ1) is 48.8. The Hall–Kier alpha value is -5.85. The van der Waals surface area contributed by atoms with Gasteiger partial charge in [-0.05, 0) is 62.1 Å². The number of aliphatic carboxylic acids is 1. The Morgan fingerprint density at radius 2 is 1.66 bits per heavy atom. The summed E-state index contributed by atoms with van der Waals surface area (Å²) < 4.78 is 1.27. The minimum absolute atomic E-state index is 0.0533. The maximum absolute atomic E-state index is 14.0. The molecule has 1 aliphatic rings. The summed E-state index contributed by atoms with van der Waals surface area (Å²) in [6.45, 7) is 3.87. The second kappa shape index (κ2) is 24.6. The SMILES string of the molecule is C[I-]c1ccc(NC(=O)Nc2ccc(CC(=O)N[C@@H](CCCCNC(=O)/C=C/c3cccnc3)C(=O)N[C@@H](CC(C)CC(=O)O)C(=O)NC3(C(N)=O)CCCCC3)cc2)c(C)c1. The minimum atomic E-state index is -1.30. The monoisotopic (exact) mass is 965 g/mol. The molecular formula is C45H58IN8O8-. The molecule has 16 nitrogen and oxygen atoms in total. The topological polar surface area (TPSA) is 251 Å². The molecule has 1 aliphatic carbocycles. The molecule has 17 heteroatoms. The molecule has 1 saturated carbocycles. The van der Waals surface area contributed by atoms with Gasteiger partial charge in [0.1, 0.15) is 17.6 Å². The van der Waals surface area contributed by atoms with Crippen LogP contribution >= 0.6 is 0 Å². The van der Waals surface area contributed by atoms with Crippen molar-refractivity contribution < 1.29 is 59.9 Å². The van der Waals surface area contributed by atoms with E-state index in [1.54, 1.807) is 55.7 Å². The molecule has 2 aromatic carbocycles. The van der Waals surface area contributed by atoms with Crippen LogP contribution in [0.25, 0.3) is 6.08 Å². The average molecular weight is 966 g/mol. The van der Waals surface area contributed by atoms with Gasteiger partial charge in [-0.15, -0.1) is 0 Å². The quantitative estimate of drug-likeness (QED) is 0.0312. The van der Waals surface area contributed by atoms with Crippen LogP contribution in [0.3, 0.4) is 0 Å². The number of alkyl halides is 1. The van der Waals surface area contributed by atoms with Crippen LogP contribution < -0.4 is 58.8 Å². The van der Waals surface area contributed by atoms with Gasteiger partial charge in [-0.3, -0.25) is 33.8 Å². The number of aromatic nitrogens is 1. The number of carboxylic acids is 1. The number of nitrogens with zero attached hydrogens (tertiary/aromatic N) is 1. The number of hydrogen-bond donors (Lipinski definition) is 8. The first-order valence-electron chi connectivity index (χ1n) is 20.7. The molecule has 62 heavy (non-hydrogen) atoms. The van der Waals surface area contributed by atoms with Gasteiger partial charge in [-0.1, -0.05) is 32.3 Å². The molecule has 1 fully saturated rings. The van der Waals surface area contributed by atoms with Crippen molar-refractivity contribution in [2.45, 2.75) is 102 Å². The number of nitrogens with two attached hydrogens (primary N) is 1. The summed E-state index contributed by atoms with van der Waals surface area (Å²) in [7, 11) is 0. The molecule has 0 bridgehead atoms. The Morgan fingerprint density at radius 3 is 2.31 bits per heavy atom. The Kier molecular flexibility index (Phi) is 19.3. The number of urea groups is 1. The number of carbonyl (C=O) groups is 7. The second-order valence-electron chi connectivity index (χ2n) is 15.6. The van der Waals surface area contributed by atoms with Crippen LogP contribution in [-0.2, 0) is 35.2 Å². The van der Waals surface area contributed by atoms with Gasteiger partial charge in [0.25, 0.3) is 0 Å². The van der Waals surface area contributed by atoms with Crippen molar-refractivity contribution in [2.75, 3.05) is 22.1 Å².